The zero-order valence-corrected chi connectivity index (χ0v) is 11.7. The first-order valence-electron chi connectivity index (χ1n) is 6.84. The maximum Gasteiger partial charge on any atom is 0.323 e. The predicted molar refractivity (Wildman–Crippen MR) is 70.9 cm³/mol. The minimum atomic E-state index is -0.985. The number of nitrogens with one attached hydrogen (secondary N) is 1. The molecule has 0 saturated carbocycles. The Morgan fingerprint density at radius 2 is 2.00 bits per heavy atom. The van der Waals surface area contributed by atoms with Crippen LogP contribution < -0.4 is 5.32 Å². The first-order chi connectivity index (χ1) is 9.00. The lowest BCUT2D eigenvalue weighted by Gasteiger charge is -2.26. The quantitative estimate of drug-likeness (QED) is 0.704. The molecule has 0 unspecified atom stereocenters. The monoisotopic (exact) mass is 272 g/mol. The number of ether oxygens (including phenoxy) is 1. The molecule has 1 aliphatic heterocycles. The Morgan fingerprint density at radius 1 is 1.37 bits per heavy atom. The van der Waals surface area contributed by atoms with Gasteiger partial charge in [-0.3, -0.25) is 9.59 Å². The third kappa shape index (κ3) is 6.02. The maximum atomic E-state index is 11.9. The van der Waals surface area contributed by atoms with Gasteiger partial charge in [0, 0.05) is 6.04 Å². The number of amides is 1. The molecule has 0 atom stereocenters. The molecule has 0 aromatic rings. The van der Waals surface area contributed by atoms with Crippen LogP contribution >= 0.6 is 0 Å². The van der Waals surface area contributed by atoms with Gasteiger partial charge in [0.25, 0.3) is 0 Å². The second-order valence-electron chi connectivity index (χ2n) is 5.08. The largest absolute Gasteiger partial charge is 0.480 e. The highest BCUT2D eigenvalue weighted by atomic mass is 16.5. The molecule has 19 heavy (non-hydrogen) atoms. The van der Waals surface area contributed by atoms with Crippen molar-refractivity contribution >= 4 is 11.9 Å². The van der Waals surface area contributed by atoms with E-state index < -0.39 is 5.97 Å². The van der Waals surface area contributed by atoms with E-state index >= 15 is 0 Å². The number of nitrogens with zero attached hydrogens (tertiary/aromatic N) is 1. The normalized spacial score (nSPS) is 16.6. The van der Waals surface area contributed by atoms with E-state index in [1.165, 1.54) is 4.90 Å². The number of carboxylic acids is 1. The summed E-state index contributed by atoms with van der Waals surface area (Å²) in [6, 6.07) is -0.109. The molecule has 1 amide bonds. The number of carboxylic acid groups (broad SMARTS) is 1. The number of carbonyl (C=O) groups excluding carboxylic acids is 1. The minimum Gasteiger partial charge on any atom is -0.480 e. The fourth-order valence-corrected chi connectivity index (χ4v) is 2.12. The summed E-state index contributed by atoms with van der Waals surface area (Å²) in [7, 11) is 0. The van der Waals surface area contributed by atoms with E-state index in [2.05, 4.69) is 5.32 Å². The molecule has 1 fully saturated rings. The highest BCUT2D eigenvalue weighted by Crippen LogP contribution is 2.08. The van der Waals surface area contributed by atoms with Crippen LogP contribution in [0.15, 0.2) is 0 Å². The summed E-state index contributed by atoms with van der Waals surface area (Å²) < 4.78 is 5.65. The molecule has 1 rings (SSSR count). The van der Waals surface area contributed by atoms with E-state index in [9.17, 15) is 9.59 Å². The Balaban J connectivity index is 2.29. The molecule has 110 valence electrons. The van der Waals surface area contributed by atoms with Crippen LogP contribution in [-0.2, 0) is 14.3 Å². The van der Waals surface area contributed by atoms with E-state index in [0.717, 1.165) is 25.9 Å². The van der Waals surface area contributed by atoms with Crippen molar-refractivity contribution in [2.75, 3.05) is 26.2 Å². The lowest BCUT2D eigenvalue weighted by molar-refractivity contribution is -0.146. The Bertz CT molecular complexity index is 301. The van der Waals surface area contributed by atoms with Crippen molar-refractivity contribution in [1.29, 1.82) is 0 Å². The van der Waals surface area contributed by atoms with Crippen molar-refractivity contribution in [2.45, 2.75) is 45.3 Å². The van der Waals surface area contributed by atoms with E-state index in [-0.39, 0.29) is 31.0 Å². The van der Waals surface area contributed by atoms with Crippen molar-refractivity contribution in [3.63, 3.8) is 0 Å². The summed E-state index contributed by atoms with van der Waals surface area (Å²) in [4.78, 5) is 24.0. The van der Waals surface area contributed by atoms with E-state index in [4.69, 9.17) is 9.84 Å². The number of hydrogen-bond donors (Lipinski definition) is 2. The number of carbonyl (C=O) groups is 2. The average molecular weight is 272 g/mol. The lowest BCUT2D eigenvalue weighted by atomic mass is 10.1. The Labute approximate surface area is 114 Å². The number of rotatable bonds is 7. The maximum absolute atomic E-state index is 11.9. The van der Waals surface area contributed by atoms with Crippen LogP contribution in [-0.4, -0.2) is 60.3 Å². The highest BCUT2D eigenvalue weighted by molar-refractivity contribution is 5.81. The van der Waals surface area contributed by atoms with Gasteiger partial charge in [0.05, 0.1) is 19.1 Å². The van der Waals surface area contributed by atoms with Crippen molar-refractivity contribution in [3.05, 3.63) is 0 Å². The van der Waals surface area contributed by atoms with Gasteiger partial charge in [-0.2, -0.15) is 0 Å². The molecule has 2 N–H and O–H groups in total. The Morgan fingerprint density at radius 3 is 2.53 bits per heavy atom. The van der Waals surface area contributed by atoms with Gasteiger partial charge in [0.2, 0.25) is 5.91 Å². The molecular formula is C13H24N2O4. The average Bonchev–Trinajstić information content (AvgIpc) is 2.36. The molecule has 0 aromatic heterocycles. The second-order valence-corrected chi connectivity index (χ2v) is 5.08. The third-order valence-electron chi connectivity index (χ3n) is 3.20. The van der Waals surface area contributed by atoms with Crippen LogP contribution in [0.2, 0.25) is 0 Å². The van der Waals surface area contributed by atoms with Crippen LogP contribution in [0.1, 0.15) is 33.1 Å². The molecule has 6 heteroatoms. The second kappa shape index (κ2) is 8.12. The standard InChI is InChI=1S/C13H24N2O4/c1-10(2)15(9-13(17)18)12(16)5-8-19-11-3-6-14-7-4-11/h10-11,14H,3-9H2,1-2H3,(H,17,18). The summed E-state index contributed by atoms with van der Waals surface area (Å²) in [6.07, 6.45) is 2.41. The third-order valence-corrected chi connectivity index (χ3v) is 3.20. The topological polar surface area (TPSA) is 78.9 Å². The zero-order chi connectivity index (χ0) is 14.3. The van der Waals surface area contributed by atoms with Crippen molar-refractivity contribution in [3.8, 4) is 0 Å². The van der Waals surface area contributed by atoms with E-state index in [1.54, 1.807) is 0 Å². The van der Waals surface area contributed by atoms with Gasteiger partial charge in [0.15, 0.2) is 0 Å². The smallest absolute Gasteiger partial charge is 0.323 e. The van der Waals surface area contributed by atoms with Gasteiger partial charge >= 0.3 is 5.97 Å². The molecular weight excluding hydrogens is 248 g/mol. The molecule has 1 saturated heterocycles. The van der Waals surface area contributed by atoms with E-state index in [0.29, 0.717) is 6.61 Å². The van der Waals surface area contributed by atoms with Gasteiger partial charge in [-0.25, -0.2) is 0 Å². The van der Waals surface area contributed by atoms with Crippen LogP contribution in [0.5, 0.6) is 0 Å². The molecule has 0 spiro atoms. The summed E-state index contributed by atoms with van der Waals surface area (Å²) in [5, 5.41) is 12.0. The Hall–Kier alpha value is -1.14. The fraction of sp³-hybridized carbons (Fsp3) is 0.846. The van der Waals surface area contributed by atoms with Gasteiger partial charge in [-0.05, 0) is 39.8 Å². The minimum absolute atomic E-state index is 0.109. The molecule has 0 aromatic carbocycles. The van der Waals surface area contributed by atoms with Gasteiger partial charge in [-0.15, -0.1) is 0 Å². The highest BCUT2D eigenvalue weighted by Gasteiger charge is 2.20. The summed E-state index contributed by atoms with van der Waals surface area (Å²) >= 11 is 0. The van der Waals surface area contributed by atoms with Gasteiger partial charge in [0.1, 0.15) is 6.54 Å². The van der Waals surface area contributed by atoms with Crippen LogP contribution in [0.3, 0.4) is 0 Å². The fourth-order valence-electron chi connectivity index (χ4n) is 2.12. The summed E-state index contributed by atoms with van der Waals surface area (Å²) in [5.41, 5.74) is 0. The molecule has 6 nitrogen and oxygen atoms in total. The molecule has 1 heterocycles. The first kappa shape index (κ1) is 15.9. The van der Waals surface area contributed by atoms with Gasteiger partial charge < -0.3 is 20.1 Å². The Kier molecular flexibility index (Phi) is 6.80. The number of hydrogen-bond acceptors (Lipinski definition) is 4. The SMILES string of the molecule is CC(C)N(CC(=O)O)C(=O)CCOC1CCNCC1. The molecule has 0 bridgehead atoms. The van der Waals surface area contributed by atoms with Crippen molar-refractivity contribution < 1.29 is 19.4 Å². The molecule has 1 aliphatic rings. The first-order valence-corrected chi connectivity index (χ1v) is 6.84. The van der Waals surface area contributed by atoms with E-state index in [1.807, 2.05) is 13.8 Å². The number of aliphatic carboxylic acids is 1. The summed E-state index contributed by atoms with van der Waals surface area (Å²) in [5.74, 6) is -1.15. The molecule has 0 radical (unpaired) electrons. The van der Waals surface area contributed by atoms with Crippen molar-refractivity contribution in [1.82, 2.24) is 10.2 Å². The number of piperidine rings is 1. The summed E-state index contributed by atoms with van der Waals surface area (Å²) in [6.45, 7) is 5.66. The predicted octanol–water partition coefficient (Wildman–Crippen LogP) is 0.467. The lowest BCUT2D eigenvalue weighted by Crippen LogP contribution is -2.41. The van der Waals surface area contributed by atoms with Crippen molar-refractivity contribution in [2.24, 2.45) is 0 Å². The van der Waals surface area contributed by atoms with Crippen LogP contribution in [0.25, 0.3) is 0 Å². The molecule has 0 aliphatic carbocycles. The van der Waals surface area contributed by atoms with Gasteiger partial charge in [-0.1, -0.05) is 0 Å². The van der Waals surface area contributed by atoms with Crippen LogP contribution in [0.4, 0.5) is 0 Å². The van der Waals surface area contributed by atoms with Crippen LogP contribution in [0, 0.1) is 0 Å². The zero-order valence-electron chi connectivity index (χ0n) is 11.7.